The lowest BCUT2D eigenvalue weighted by molar-refractivity contribution is 0.292. The minimum absolute atomic E-state index is 0.114. The van der Waals surface area contributed by atoms with Gasteiger partial charge in [0, 0.05) is 14.8 Å². The molecule has 1 aromatic carbocycles. The smallest absolute Gasteiger partial charge is 0.516 e. The van der Waals surface area contributed by atoms with E-state index in [4.69, 9.17) is 32.1 Å². The molecule has 0 N–H and O–H groups in total. The Bertz CT molecular complexity index is 382. The lowest BCUT2D eigenvalue weighted by Crippen LogP contribution is -2.16. The van der Waals surface area contributed by atoms with E-state index in [1.54, 1.807) is 0 Å². The van der Waals surface area contributed by atoms with Crippen LogP contribution >= 0.6 is 71.0 Å². The molecule has 0 heterocycles. The highest BCUT2D eigenvalue weighted by atomic mass is 79.9. The molecule has 2 nitrogen and oxygen atoms in total. The zero-order valence-electron chi connectivity index (χ0n) is 8.35. The van der Waals surface area contributed by atoms with Crippen LogP contribution in [0.1, 0.15) is 0 Å². The summed E-state index contributed by atoms with van der Waals surface area (Å²) in [5, 5.41) is -0.187. The zero-order valence-corrected chi connectivity index (χ0v) is 15.6. The Labute approximate surface area is 138 Å². The third-order valence-corrected chi connectivity index (χ3v) is 6.38. The van der Waals surface area contributed by atoms with Crippen molar-refractivity contribution in [2.24, 2.45) is 0 Å². The monoisotopic (exact) mass is 482 g/mol. The van der Waals surface area contributed by atoms with Gasteiger partial charge in [0.05, 0.1) is 16.5 Å². The predicted octanol–water partition coefficient (Wildman–Crippen LogP) is 4.75. The number of hydrogen-bond acceptors (Lipinski definition) is 2. The van der Waals surface area contributed by atoms with Crippen LogP contribution in [0, 0.1) is 0 Å². The minimum atomic E-state index is -0.187. The summed E-state index contributed by atoms with van der Waals surface area (Å²) in [4.78, 5) is 0. The minimum Gasteiger partial charge on any atom is -0.516 e. The van der Waals surface area contributed by atoms with Gasteiger partial charge in [-0.25, -0.2) is 0 Å². The summed E-state index contributed by atoms with van der Waals surface area (Å²) in [6.45, 7) is 0.374. The van der Waals surface area contributed by atoms with Crippen LogP contribution in [-0.2, 0) is 4.43 Å². The van der Waals surface area contributed by atoms with Gasteiger partial charge in [-0.15, -0.1) is 23.2 Å². The van der Waals surface area contributed by atoms with E-state index in [9.17, 15) is 0 Å². The van der Waals surface area contributed by atoms with Crippen LogP contribution in [0.25, 0.3) is 0 Å². The molecule has 0 bridgehead atoms. The number of alkyl halides is 2. The van der Waals surface area contributed by atoms with Crippen molar-refractivity contribution in [3.05, 3.63) is 25.6 Å². The first kappa shape index (κ1) is 16.3. The summed E-state index contributed by atoms with van der Waals surface area (Å²) in [5.41, 5.74) is 0. The van der Waals surface area contributed by atoms with Crippen molar-refractivity contribution in [2.45, 2.75) is 5.38 Å². The first-order valence-electron chi connectivity index (χ1n) is 4.43. The van der Waals surface area contributed by atoms with Gasteiger partial charge < -0.3 is 8.85 Å². The fourth-order valence-electron chi connectivity index (χ4n) is 0.830. The molecule has 17 heavy (non-hydrogen) atoms. The Morgan fingerprint density at radius 2 is 1.94 bits per heavy atom. The van der Waals surface area contributed by atoms with E-state index in [0.717, 1.165) is 13.4 Å². The second kappa shape index (κ2) is 8.40. The number of halogens is 5. The van der Waals surface area contributed by atoms with Gasteiger partial charge in [-0.1, -0.05) is 0 Å². The first-order valence-corrected chi connectivity index (χ1v) is 8.60. The summed E-state index contributed by atoms with van der Waals surface area (Å²) < 4.78 is 13.4. The van der Waals surface area contributed by atoms with Crippen LogP contribution in [0.2, 0.25) is 0 Å². The Morgan fingerprint density at radius 3 is 2.59 bits per heavy atom. The molecule has 94 valence electrons. The van der Waals surface area contributed by atoms with Gasteiger partial charge in [0.25, 0.3) is 0 Å². The van der Waals surface area contributed by atoms with Crippen LogP contribution in [0.3, 0.4) is 0 Å². The molecule has 0 fully saturated rings. The van der Waals surface area contributed by atoms with E-state index < -0.39 is 0 Å². The molecular weight excluding hydrogens is 479 g/mol. The summed E-state index contributed by atoms with van der Waals surface area (Å²) in [5.74, 6) is 1.06. The first-order chi connectivity index (χ1) is 8.06. The van der Waals surface area contributed by atoms with Crippen LogP contribution in [0.4, 0.5) is 0 Å². The fourth-order valence-corrected chi connectivity index (χ4v) is 3.18. The lowest BCUT2D eigenvalue weighted by atomic mass is 10.3. The van der Waals surface area contributed by atoms with Crippen molar-refractivity contribution in [1.82, 2.24) is 0 Å². The average molecular weight is 486 g/mol. The quantitative estimate of drug-likeness (QED) is 0.251. The summed E-state index contributed by atoms with van der Waals surface area (Å²) in [7, 11) is -0.114. The van der Waals surface area contributed by atoms with Gasteiger partial charge in [-0.05, 0) is 59.9 Å². The van der Waals surface area contributed by atoms with Gasteiger partial charge >= 0.3 is 10.0 Å². The number of rotatable bonds is 6. The normalized spacial score (nSPS) is 12.5. The number of hydrogen-bond donors (Lipinski definition) is 0. The van der Waals surface area contributed by atoms with E-state index in [1.807, 2.05) is 12.1 Å². The molecule has 0 spiro atoms. The van der Waals surface area contributed by atoms with Gasteiger partial charge in [0.2, 0.25) is 0 Å². The van der Waals surface area contributed by atoms with Crippen LogP contribution in [0.5, 0.6) is 5.75 Å². The van der Waals surface area contributed by atoms with Gasteiger partial charge in [0.1, 0.15) is 5.75 Å². The van der Waals surface area contributed by atoms with Crippen LogP contribution in [0.15, 0.2) is 25.6 Å². The van der Waals surface area contributed by atoms with Crippen LogP contribution < -0.4 is 4.43 Å². The third kappa shape index (κ3) is 5.38. The zero-order chi connectivity index (χ0) is 12.8. The maximum Gasteiger partial charge on any atom is 0.521 e. The molecule has 0 saturated heterocycles. The van der Waals surface area contributed by atoms with Crippen molar-refractivity contribution in [2.75, 3.05) is 12.5 Å². The molecule has 0 aromatic heterocycles. The second-order valence-electron chi connectivity index (χ2n) is 2.92. The fraction of sp³-hybridized carbons (Fsp3) is 0.333. The Kier molecular flexibility index (Phi) is 8.04. The molecule has 1 rings (SSSR count). The summed E-state index contributed by atoms with van der Waals surface area (Å²) in [6, 6.07) is 3.73. The molecular formula is C9H7Br3Cl2O2Si. The average Bonchev–Trinajstić information content (AvgIpc) is 2.33. The molecule has 0 aliphatic heterocycles. The summed E-state index contributed by atoms with van der Waals surface area (Å²) in [6.07, 6.45) is 0. The van der Waals surface area contributed by atoms with E-state index in [0.29, 0.717) is 18.2 Å². The van der Waals surface area contributed by atoms with Gasteiger partial charge in [-0.2, -0.15) is 0 Å². The van der Waals surface area contributed by atoms with Crippen molar-refractivity contribution >= 4 is 81.0 Å². The Hall–Kier alpha value is 1.22. The molecule has 1 aromatic rings. The van der Waals surface area contributed by atoms with Crippen molar-refractivity contribution in [1.29, 1.82) is 0 Å². The van der Waals surface area contributed by atoms with E-state index in [2.05, 4.69) is 47.8 Å². The van der Waals surface area contributed by atoms with Gasteiger partial charge in [-0.3, -0.25) is 0 Å². The van der Waals surface area contributed by atoms with E-state index >= 15 is 0 Å². The van der Waals surface area contributed by atoms with E-state index in [-0.39, 0.29) is 15.4 Å². The Balaban J connectivity index is 2.45. The third-order valence-electron chi connectivity index (χ3n) is 1.64. The topological polar surface area (TPSA) is 18.5 Å². The molecule has 8 heteroatoms. The highest BCUT2D eigenvalue weighted by molar-refractivity contribution is 9.14. The molecule has 0 aliphatic rings. The van der Waals surface area contributed by atoms with E-state index in [1.165, 1.54) is 0 Å². The molecule has 0 aliphatic carbocycles. The second-order valence-corrected chi connectivity index (χ2v) is 6.95. The Morgan fingerprint density at radius 1 is 1.24 bits per heavy atom. The maximum absolute atomic E-state index is 5.79. The lowest BCUT2D eigenvalue weighted by Gasteiger charge is -2.10. The molecule has 0 saturated carbocycles. The highest BCUT2D eigenvalue weighted by Gasteiger charge is 2.10. The number of benzene rings is 1. The predicted molar refractivity (Wildman–Crippen MR) is 82.2 cm³/mol. The molecule has 1 atom stereocenters. The van der Waals surface area contributed by atoms with Gasteiger partial charge in [0.15, 0.2) is 0 Å². The molecule has 2 radical (unpaired) electrons. The standard InChI is InChI=1S/C9H7Br3Cl2O2Si/c10-6-1-2-7(9(12)8(6)11)16-17-15-4-5(14)3-13/h1-2,5H,3-4H2. The van der Waals surface area contributed by atoms with Crippen molar-refractivity contribution in [3.63, 3.8) is 0 Å². The largest absolute Gasteiger partial charge is 0.521 e. The highest BCUT2D eigenvalue weighted by Crippen LogP contribution is 2.37. The van der Waals surface area contributed by atoms with Crippen LogP contribution in [-0.4, -0.2) is 27.9 Å². The van der Waals surface area contributed by atoms with Crippen molar-refractivity contribution in [3.8, 4) is 5.75 Å². The summed E-state index contributed by atoms with van der Waals surface area (Å²) >= 11 is 21.6. The maximum atomic E-state index is 5.79. The van der Waals surface area contributed by atoms with Crippen molar-refractivity contribution < 1.29 is 8.85 Å². The molecule has 1 unspecified atom stereocenters. The molecule has 0 amide bonds. The SMILES string of the molecule is ClCC(Cl)CO[Si]Oc1ccc(Br)c(Br)c1Br.